The van der Waals surface area contributed by atoms with Crippen LogP contribution in [-0.4, -0.2) is 89.9 Å². The van der Waals surface area contributed by atoms with Crippen LogP contribution in [0.3, 0.4) is 0 Å². The number of benzene rings is 1. The summed E-state index contributed by atoms with van der Waals surface area (Å²) in [4.78, 5) is 15.0. The van der Waals surface area contributed by atoms with Gasteiger partial charge in [0.15, 0.2) is 0 Å². The Morgan fingerprint density at radius 1 is 1.22 bits per heavy atom. The zero-order valence-electron chi connectivity index (χ0n) is 14.7. The molecule has 0 aliphatic carbocycles. The molecule has 1 heterocycles. The summed E-state index contributed by atoms with van der Waals surface area (Å²) in [5.74, 6) is -1.44. The molecule has 0 spiro atoms. The second kappa shape index (κ2) is 11.2. The van der Waals surface area contributed by atoms with Gasteiger partial charge in [-0.25, -0.2) is 4.39 Å². The third-order valence-corrected chi connectivity index (χ3v) is 3.94. The zero-order chi connectivity index (χ0) is 19.3. The molecule has 0 amide bonds. The number of rotatable bonds is 7. The summed E-state index contributed by atoms with van der Waals surface area (Å²) in [6, 6.07) is 7.99. The average molecular weight is 400 g/mol. The van der Waals surface area contributed by atoms with Crippen LogP contribution in [0.25, 0.3) is 17.2 Å². The van der Waals surface area contributed by atoms with Crippen LogP contribution in [-0.2, 0) is 4.79 Å². The van der Waals surface area contributed by atoms with Crippen LogP contribution in [0.15, 0.2) is 36.4 Å². The van der Waals surface area contributed by atoms with E-state index in [0.29, 0.717) is 0 Å². The Hall–Kier alpha value is -0.934. The van der Waals surface area contributed by atoms with Gasteiger partial charge in [-0.3, -0.25) is 9.78 Å². The van der Waals surface area contributed by atoms with Crippen molar-refractivity contribution in [2.75, 3.05) is 0 Å². The van der Waals surface area contributed by atoms with E-state index < -0.39 is 24.6 Å². The van der Waals surface area contributed by atoms with Crippen molar-refractivity contribution >= 4 is 63.4 Å². The minimum atomic E-state index is -1.12. The van der Waals surface area contributed by atoms with Crippen LogP contribution in [0, 0.1) is 19.7 Å². The Morgan fingerprint density at radius 3 is 2.44 bits per heavy atom. The number of aryl methyl sites for hydroxylation is 2. The number of aliphatic hydroxyl groups excluding tert-OH is 2. The Balaban J connectivity index is 0.00000364. The molecule has 27 heavy (non-hydrogen) atoms. The van der Waals surface area contributed by atoms with Crippen LogP contribution in [0.1, 0.15) is 29.8 Å². The van der Waals surface area contributed by atoms with Crippen LogP contribution in [0.4, 0.5) is 4.39 Å². The molecular formula is C20H23FKNO4. The number of pyridine rings is 1. The van der Waals surface area contributed by atoms with E-state index in [-0.39, 0.29) is 63.6 Å². The van der Waals surface area contributed by atoms with Gasteiger partial charge in [-0.05, 0) is 43.2 Å². The maximum atomic E-state index is 13.2. The predicted molar refractivity (Wildman–Crippen MR) is 104 cm³/mol. The first-order chi connectivity index (χ1) is 12.3. The molecule has 0 unspecified atom stereocenters. The maximum absolute atomic E-state index is 13.2. The van der Waals surface area contributed by atoms with Crippen LogP contribution in [0.2, 0.25) is 0 Å². The molecule has 1 aromatic heterocycles. The van der Waals surface area contributed by atoms with Crippen LogP contribution >= 0.6 is 0 Å². The number of aliphatic hydroxyl groups is 2. The SMILES string of the molecule is Cc1cc(-c2ccc(F)cc2)c(C=C[C@@H](O)C[C@@H](O)CC(=O)O)c(C)n1.[KH]. The van der Waals surface area contributed by atoms with Crippen LogP contribution in [0.5, 0.6) is 0 Å². The number of carboxylic acid groups (broad SMARTS) is 1. The van der Waals surface area contributed by atoms with E-state index in [2.05, 4.69) is 4.98 Å². The van der Waals surface area contributed by atoms with E-state index in [0.717, 1.165) is 28.1 Å². The van der Waals surface area contributed by atoms with Gasteiger partial charge < -0.3 is 15.3 Å². The summed E-state index contributed by atoms with van der Waals surface area (Å²) in [6.07, 6.45) is 0.576. The van der Waals surface area contributed by atoms with Gasteiger partial charge in [-0.15, -0.1) is 0 Å². The fourth-order valence-electron chi connectivity index (χ4n) is 2.77. The molecule has 0 aliphatic rings. The topological polar surface area (TPSA) is 90.7 Å². The number of halogens is 1. The number of hydrogen-bond acceptors (Lipinski definition) is 4. The molecule has 0 saturated heterocycles. The third-order valence-electron chi connectivity index (χ3n) is 3.94. The van der Waals surface area contributed by atoms with Gasteiger partial charge in [-0.1, -0.05) is 24.3 Å². The van der Waals surface area contributed by atoms with E-state index in [4.69, 9.17) is 5.11 Å². The molecule has 2 rings (SSSR count). The number of aliphatic carboxylic acids is 1. The first-order valence-electron chi connectivity index (χ1n) is 8.26. The van der Waals surface area contributed by atoms with Gasteiger partial charge >= 0.3 is 57.4 Å². The molecule has 0 radical (unpaired) electrons. The predicted octanol–water partition coefficient (Wildman–Crippen LogP) is 2.46. The number of hydrogen-bond donors (Lipinski definition) is 3. The van der Waals surface area contributed by atoms with Crippen molar-refractivity contribution in [1.29, 1.82) is 0 Å². The van der Waals surface area contributed by atoms with Crippen molar-refractivity contribution in [3.05, 3.63) is 59.2 Å². The standard InChI is InChI=1S/C20H22FNO4.K.H/c1-12-9-19(14-3-5-15(21)6-4-14)18(13(2)22-12)8-7-16(23)10-17(24)11-20(25)26;;/h3-9,16-17,23-24H,10-11H2,1-2H3,(H,25,26);;/t16-,17-;;/m1../s1. The van der Waals surface area contributed by atoms with Crippen molar-refractivity contribution < 1.29 is 24.5 Å². The summed E-state index contributed by atoms with van der Waals surface area (Å²) in [5, 5.41) is 28.3. The van der Waals surface area contributed by atoms with Crippen LogP contribution < -0.4 is 0 Å². The Morgan fingerprint density at radius 2 is 1.85 bits per heavy atom. The van der Waals surface area contributed by atoms with E-state index in [1.807, 2.05) is 19.9 Å². The minimum absolute atomic E-state index is 0. The second-order valence-electron chi connectivity index (χ2n) is 6.23. The fourth-order valence-corrected chi connectivity index (χ4v) is 2.77. The first kappa shape index (κ1) is 24.1. The van der Waals surface area contributed by atoms with E-state index >= 15 is 0 Å². The fraction of sp³-hybridized carbons (Fsp3) is 0.300. The van der Waals surface area contributed by atoms with Crippen molar-refractivity contribution in [2.24, 2.45) is 0 Å². The summed E-state index contributed by atoms with van der Waals surface area (Å²) >= 11 is 0. The molecule has 0 fully saturated rings. The van der Waals surface area contributed by atoms with Crippen molar-refractivity contribution in [3.63, 3.8) is 0 Å². The third kappa shape index (κ3) is 7.54. The summed E-state index contributed by atoms with van der Waals surface area (Å²) in [5.41, 5.74) is 4.01. The zero-order valence-corrected chi connectivity index (χ0v) is 14.7. The average Bonchev–Trinajstić information content (AvgIpc) is 2.53. The second-order valence-corrected chi connectivity index (χ2v) is 6.23. The Bertz CT molecular complexity index is 808. The molecule has 3 N–H and O–H groups in total. The van der Waals surface area contributed by atoms with Gasteiger partial charge in [0.25, 0.3) is 0 Å². The Labute approximate surface area is 200 Å². The summed E-state index contributed by atoms with van der Waals surface area (Å²) in [6.45, 7) is 3.70. The van der Waals surface area contributed by atoms with Crippen molar-refractivity contribution in [2.45, 2.75) is 38.9 Å². The van der Waals surface area contributed by atoms with E-state index in [9.17, 15) is 19.4 Å². The molecule has 0 aliphatic heterocycles. The molecule has 1 aromatic carbocycles. The normalized spacial score (nSPS) is 13.2. The van der Waals surface area contributed by atoms with Gasteiger partial charge in [-0.2, -0.15) is 0 Å². The molecule has 2 aromatic rings. The molecular weight excluding hydrogens is 376 g/mol. The molecule has 7 heteroatoms. The molecule has 140 valence electrons. The van der Waals surface area contributed by atoms with E-state index in [1.54, 1.807) is 18.2 Å². The van der Waals surface area contributed by atoms with Crippen molar-refractivity contribution in [3.8, 4) is 11.1 Å². The molecule has 0 saturated carbocycles. The molecule has 0 bridgehead atoms. The summed E-state index contributed by atoms with van der Waals surface area (Å²) < 4.78 is 13.2. The van der Waals surface area contributed by atoms with Gasteiger partial charge in [0, 0.05) is 23.4 Å². The number of aromatic nitrogens is 1. The molecule has 5 nitrogen and oxygen atoms in total. The van der Waals surface area contributed by atoms with Gasteiger partial charge in [0.05, 0.1) is 18.6 Å². The van der Waals surface area contributed by atoms with Gasteiger partial charge in [0.2, 0.25) is 0 Å². The van der Waals surface area contributed by atoms with Crippen molar-refractivity contribution in [1.82, 2.24) is 4.98 Å². The number of nitrogens with zero attached hydrogens (tertiary/aromatic N) is 1. The number of carboxylic acids is 1. The van der Waals surface area contributed by atoms with Gasteiger partial charge in [0.1, 0.15) is 5.82 Å². The first-order valence-corrected chi connectivity index (χ1v) is 8.26. The summed E-state index contributed by atoms with van der Waals surface area (Å²) in [7, 11) is 0. The monoisotopic (exact) mass is 399 g/mol. The van der Waals surface area contributed by atoms with E-state index in [1.165, 1.54) is 18.2 Å². The Kier molecular flexibility index (Phi) is 9.96. The number of carbonyl (C=O) groups is 1. The quantitative estimate of drug-likeness (QED) is 0.622. The molecule has 2 atom stereocenters.